The molecule has 2 aromatic carbocycles. The Morgan fingerprint density at radius 3 is 2.35 bits per heavy atom. The first-order valence-corrected chi connectivity index (χ1v) is 8.43. The van der Waals surface area contributed by atoms with Crippen molar-refractivity contribution in [1.82, 2.24) is 0 Å². The Morgan fingerprint density at radius 1 is 1.23 bits per heavy atom. The van der Waals surface area contributed by atoms with Gasteiger partial charge in [-0.15, -0.1) is 0 Å². The lowest BCUT2D eigenvalue weighted by Crippen LogP contribution is -2.13. The van der Waals surface area contributed by atoms with Crippen molar-refractivity contribution in [1.29, 1.82) is 5.26 Å². The molecular formula is C19H16Cl2N2O3. The monoisotopic (exact) mass is 390 g/mol. The summed E-state index contributed by atoms with van der Waals surface area (Å²) in [6, 6.07) is 11.9. The highest BCUT2D eigenvalue weighted by molar-refractivity contribution is 6.37. The molecule has 0 fully saturated rings. The molecule has 0 radical (unpaired) electrons. The van der Waals surface area contributed by atoms with E-state index in [-0.39, 0.29) is 15.6 Å². The number of anilines is 1. The summed E-state index contributed by atoms with van der Waals surface area (Å²) in [6.45, 7) is 2.44. The minimum absolute atomic E-state index is 0.0869. The Labute approximate surface area is 161 Å². The molecular weight excluding hydrogens is 375 g/mol. The molecule has 0 spiro atoms. The zero-order valence-corrected chi connectivity index (χ0v) is 15.7. The maximum absolute atomic E-state index is 12.3. The molecule has 0 aromatic heterocycles. The highest BCUT2D eigenvalue weighted by atomic mass is 35.5. The summed E-state index contributed by atoms with van der Waals surface area (Å²) in [6.07, 6.45) is 1.40. The number of ether oxygens (including phenoxy) is 2. The van der Waals surface area contributed by atoms with Crippen molar-refractivity contribution in [2.75, 3.05) is 19.0 Å². The number of carbonyl (C=O) groups is 1. The minimum Gasteiger partial charge on any atom is -0.494 e. The van der Waals surface area contributed by atoms with Gasteiger partial charge in [0, 0.05) is 5.69 Å². The van der Waals surface area contributed by atoms with Gasteiger partial charge in [0.2, 0.25) is 0 Å². The SMILES string of the molecule is CCOc1ccc(NC(=O)/C(C#N)=C\c2cc(Cl)c(OC)c(Cl)c2)cc1. The highest BCUT2D eigenvalue weighted by Gasteiger charge is 2.12. The van der Waals surface area contributed by atoms with Crippen molar-refractivity contribution in [2.24, 2.45) is 0 Å². The van der Waals surface area contributed by atoms with Crippen molar-refractivity contribution in [2.45, 2.75) is 6.92 Å². The summed E-state index contributed by atoms with van der Waals surface area (Å²) in [5, 5.41) is 12.5. The summed E-state index contributed by atoms with van der Waals surface area (Å²) >= 11 is 12.2. The first kappa shape index (κ1) is 19.6. The van der Waals surface area contributed by atoms with Crippen LogP contribution in [0.25, 0.3) is 6.08 Å². The quantitative estimate of drug-likeness (QED) is 0.559. The van der Waals surface area contributed by atoms with Crippen LogP contribution in [-0.2, 0) is 4.79 Å². The van der Waals surface area contributed by atoms with Crippen molar-refractivity contribution < 1.29 is 14.3 Å². The van der Waals surface area contributed by atoms with Crippen LogP contribution < -0.4 is 14.8 Å². The molecule has 0 bridgehead atoms. The molecule has 0 aliphatic heterocycles. The fraction of sp³-hybridized carbons (Fsp3) is 0.158. The van der Waals surface area contributed by atoms with Gasteiger partial charge in [0.05, 0.1) is 23.8 Å². The second-order valence-electron chi connectivity index (χ2n) is 5.10. The Hall–Kier alpha value is -2.68. The van der Waals surface area contributed by atoms with E-state index in [0.29, 0.717) is 29.4 Å². The van der Waals surface area contributed by atoms with Gasteiger partial charge in [0.1, 0.15) is 17.4 Å². The molecule has 1 N–H and O–H groups in total. The molecule has 0 aliphatic rings. The second-order valence-corrected chi connectivity index (χ2v) is 5.91. The van der Waals surface area contributed by atoms with E-state index in [0.717, 1.165) is 0 Å². The number of benzene rings is 2. The Bertz CT molecular complexity index is 848. The molecule has 5 nitrogen and oxygen atoms in total. The predicted molar refractivity (Wildman–Crippen MR) is 103 cm³/mol. The number of amides is 1. The van der Waals surface area contributed by atoms with Crippen molar-refractivity contribution >= 4 is 40.9 Å². The number of rotatable bonds is 6. The van der Waals surface area contributed by atoms with E-state index in [2.05, 4.69) is 5.32 Å². The average molecular weight is 391 g/mol. The lowest BCUT2D eigenvalue weighted by atomic mass is 10.1. The zero-order valence-electron chi connectivity index (χ0n) is 14.2. The van der Waals surface area contributed by atoms with Crippen molar-refractivity contribution in [3.63, 3.8) is 0 Å². The smallest absolute Gasteiger partial charge is 0.266 e. The summed E-state index contributed by atoms with van der Waals surface area (Å²) in [5.41, 5.74) is 0.973. The van der Waals surface area contributed by atoms with Gasteiger partial charge < -0.3 is 14.8 Å². The lowest BCUT2D eigenvalue weighted by molar-refractivity contribution is -0.112. The summed E-state index contributed by atoms with van der Waals surface area (Å²) in [5.74, 6) is 0.492. The third-order valence-electron chi connectivity index (χ3n) is 3.32. The maximum atomic E-state index is 12.3. The van der Waals surface area contributed by atoms with E-state index in [9.17, 15) is 10.1 Å². The second kappa shape index (κ2) is 9.14. The third-order valence-corrected chi connectivity index (χ3v) is 3.89. The molecule has 0 saturated heterocycles. The van der Waals surface area contributed by atoms with Crippen LogP contribution in [0.5, 0.6) is 11.5 Å². The van der Waals surface area contributed by atoms with E-state index in [4.69, 9.17) is 32.7 Å². The van der Waals surface area contributed by atoms with Crippen LogP contribution in [0.4, 0.5) is 5.69 Å². The normalized spacial score (nSPS) is 10.8. The highest BCUT2D eigenvalue weighted by Crippen LogP contribution is 2.34. The van der Waals surface area contributed by atoms with Gasteiger partial charge in [-0.2, -0.15) is 5.26 Å². The van der Waals surface area contributed by atoms with E-state index < -0.39 is 5.91 Å². The molecule has 0 heterocycles. The Kier molecular flexibility index (Phi) is 6.90. The summed E-state index contributed by atoms with van der Waals surface area (Å²) in [4.78, 5) is 12.3. The van der Waals surface area contributed by atoms with Gasteiger partial charge in [0.25, 0.3) is 5.91 Å². The van der Waals surface area contributed by atoms with Crippen LogP contribution in [0.15, 0.2) is 42.0 Å². The molecule has 134 valence electrons. The topological polar surface area (TPSA) is 71.3 Å². The van der Waals surface area contributed by atoms with Crippen molar-refractivity contribution in [3.8, 4) is 17.6 Å². The number of hydrogen-bond donors (Lipinski definition) is 1. The van der Waals surface area contributed by atoms with Crippen LogP contribution in [0.1, 0.15) is 12.5 Å². The molecule has 0 aliphatic carbocycles. The van der Waals surface area contributed by atoms with Gasteiger partial charge in [-0.3, -0.25) is 4.79 Å². The molecule has 2 aromatic rings. The van der Waals surface area contributed by atoms with Gasteiger partial charge in [0.15, 0.2) is 5.75 Å². The van der Waals surface area contributed by atoms with Crippen LogP contribution in [0, 0.1) is 11.3 Å². The number of nitrogens with zero attached hydrogens (tertiary/aromatic N) is 1. The first-order chi connectivity index (χ1) is 12.5. The van der Waals surface area contributed by atoms with Gasteiger partial charge >= 0.3 is 0 Å². The van der Waals surface area contributed by atoms with Crippen LogP contribution in [-0.4, -0.2) is 19.6 Å². The first-order valence-electron chi connectivity index (χ1n) is 7.67. The number of halogens is 2. The molecule has 2 rings (SSSR count). The van der Waals surface area contributed by atoms with E-state index in [1.54, 1.807) is 36.4 Å². The number of hydrogen-bond acceptors (Lipinski definition) is 4. The van der Waals surface area contributed by atoms with Crippen LogP contribution in [0.3, 0.4) is 0 Å². The van der Waals surface area contributed by atoms with Gasteiger partial charge in [-0.1, -0.05) is 23.2 Å². The molecule has 0 saturated carbocycles. The molecule has 7 heteroatoms. The number of carbonyl (C=O) groups excluding carboxylic acids is 1. The summed E-state index contributed by atoms with van der Waals surface area (Å²) in [7, 11) is 1.45. The van der Waals surface area contributed by atoms with E-state index in [1.807, 2.05) is 13.0 Å². The summed E-state index contributed by atoms with van der Waals surface area (Å²) < 4.78 is 10.4. The molecule has 1 amide bonds. The number of methoxy groups -OCH3 is 1. The van der Waals surface area contributed by atoms with Crippen molar-refractivity contribution in [3.05, 3.63) is 57.6 Å². The number of nitriles is 1. The Morgan fingerprint density at radius 2 is 1.85 bits per heavy atom. The van der Waals surface area contributed by atoms with Gasteiger partial charge in [-0.05, 0) is 55.0 Å². The Balaban J connectivity index is 2.20. The maximum Gasteiger partial charge on any atom is 0.266 e. The zero-order chi connectivity index (χ0) is 19.1. The van der Waals surface area contributed by atoms with Crippen LogP contribution in [0.2, 0.25) is 10.0 Å². The minimum atomic E-state index is -0.542. The molecule has 0 atom stereocenters. The predicted octanol–water partition coefficient (Wildman–Crippen LogP) is 4.95. The number of nitrogens with one attached hydrogen (secondary N) is 1. The fourth-order valence-corrected chi connectivity index (χ4v) is 2.83. The fourth-order valence-electron chi connectivity index (χ4n) is 2.17. The van der Waals surface area contributed by atoms with E-state index >= 15 is 0 Å². The average Bonchev–Trinajstić information content (AvgIpc) is 2.61. The van der Waals surface area contributed by atoms with Gasteiger partial charge in [-0.25, -0.2) is 0 Å². The molecule has 26 heavy (non-hydrogen) atoms. The van der Waals surface area contributed by atoms with Crippen LogP contribution >= 0.6 is 23.2 Å². The standard InChI is InChI=1S/C19H16Cl2N2O3/c1-3-26-15-6-4-14(5-7-15)23-19(24)13(11-22)8-12-9-16(20)18(25-2)17(21)10-12/h4-10H,3H2,1-2H3,(H,23,24)/b13-8-. The third kappa shape index (κ3) is 4.92. The largest absolute Gasteiger partial charge is 0.494 e. The van der Waals surface area contributed by atoms with E-state index in [1.165, 1.54) is 13.2 Å². The molecule has 0 unspecified atom stereocenters. The lowest BCUT2D eigenvalue weighted by Gasteiger charge is -2.08.